The van der Waals surface area contributed by atoms with E-state index in [0.29, 0.717) is 0 Å². The van der Waals surface area contributed by atoms with Gasteiger partial charge in [0.2, 0.25) is 10.0 Å². The summed E-state index contributed by atoms with van der Waals surface area (Å²) in [7, 11) is -3.41. The number of hydrogen-bond donors (Lipinski definition) is 1. The Balaban J connectivity index is 1.50. The van der Waals surface area contributed by atoms with Crippen molar-refractivity contribution in [1.29, 1.82) is 0 Å². The fraction of sp³-hybridized carbons (Fsp3) is 0.333. The summed E-state index contributed by atoms with van der Waals surface area (Å²) in [4.78, 5) is 2.40. The van der Waals surface area contributed by atoms with Gasteiger partial charge in [-0.3, -0.25) is 4.90 Å². The van der Waals surface area contributed by atoms with Crippen LogP contribution >= 0.6 is 0 Å². The Kier molecular flexibility index (Phi) is 6.25. The van der Waals surface area contributed by atoms with Crippen molar-refractivity contribution in [2.45, 2.75) is 32.4 Å². The van der Waals surface area contributed by atoms with E-state index < -0.39 is 10.0 Å². The smallest absolute Gasteiger partial charge is 0.233 e. The van der Waals surface area contributed by atoms with Gasteiger partial charge in [0.05, 0.1) is 0 Å². The number of piperidine rings is 1. The van der Waals surface area contributed by atoms with Crippen LogP contribution in [0.5, 0.6) is 0 Å². The van der Waals surface area contributed by atoms with Crippen LogP contribution in [0.3, 0.4) is 0 Å². The molecule has 1 saturated heterocycles. The molecule has 1 aliphatic heterocycles. The van der Waals surface area contributed by atoms with Gasteiger partial charge >= 0.3 is 0 Å². The van der Waals surface area contributed by atoms with Gasteiger partial charge in [0.15, 0.2) is 0 Å². The van der Waals surface area contributed by atoms with Crippen molar-refractivity contribution in [3.05, 3.63) is 76.7 Å². The van der Waals surface area contributed by atoms with Crippen LogP contribution < -0.4 is 4.72 Å². The third-order valence-corrected chi connectivity index (χ3v) is 5.97. The molecule has 0 aliphatic carbocycles. The summed E-state index contributed by atoms with van der Waals surface area (Å²) in [5.74, 6) is 0. The van der Waals surface area contributed by atoms with Gasteiger partial charge < -0.3 is 0 Å². The van der Waals surface area contributed by atoms with Crippen molar-refractivity contribution in [2.24, 2.45) is 0 Å². The minimum Gasteiger partial charge on any atom is -0.299 e. The van der Waals surface area contributed by atoms with Gasteiger partial charge in [0.25, 0.3) is 0 Å². The molecule has 0 saturated carbocycles. The maximum atomic E-state index is 12.3. The standard InChI is InChI=1S/C21H26N2O2S/c1-18-7-5-6-10-20(18)17-23-14-11-21(12-15-23)22-26(24,25)16-13-19-8-3-2-4-9-19/h2-10,13,16,21-22H,11-12,14-15,17H2,1H3/b16-13+. The Hall–Kier alpha value is -1.95. The van der Waals surface area contributed by atoms with Gasteiger partial charge in [-0.15, -0.1) is 0 Å². The van der Waals surface area contributed by atoms with Crippen LogP contribution in [0, 0.1) is 6.92 Å². The molecule has 3 rings (SSSR count). The highest BCUT2D eigenvalue weighted by Crippen LogP contribution is 2.17. The molecule has 0 atom stereocenters. The molecular formula is C21H26N2O2S. The summed E-state index contributed by atoms with van der Waals surface area (Å²) in [5, 5.41) is 1.27. The zero-order valence-corrected chi connectivity index (χ0v) is 16.0. The lowest BCUT2D eigenvalue weighted by molar-refractivity contribution is 0.200. The SMILES string of the molecule is Cc1ccccc1CN1CCC(NS(=O)(=O)/C=C/c2ccccc2)CC1. The number of benzene rings is 2. The monoisotopic (exact) mass is 370 g/mol. The molecular weight excluding hydrogens is 344 g/mol. The molecule has 138 valence electrons. The summed E-state index contributed by atoms with van der Waals surface area (Å²) in [6.45, 7) is 4.88. The first-order chi connectivity index (χ1) is 12.5. The fourth-order valence-corrected chi connectivity index (χ4v) is 4.36. The molecule has 4 nitrogen and oxygen atoms in total. The highest BCUT2D eigenvalue weighted by Gasteiger charge is 2.22. The van der Waals surface area contributed by atoms with Crippen molar-refractivity contribution in [3.63, 3.8) is 0 Å². The zero-order valence-electron chi connectivity index (χ0n) is 15.1. The summed E-state index contributed by atoms with van der Waals surface area (Å²) < 4.78 is 27.4. The molecule has 0 bridgehead atoms. The number of sulfonamides is 1. The normalized spacial score (nSPS) is 17.0. The average Bonchev–Trinajstić information content (AvgIpc) is 2.64. The molecule has 2 aromatic carbocycles. The molecule has 5 heteroatoms. The van der Waals surface area contributed by atoms with Gasteiger partial charge in [0.1, 0.15) is 0 Å². The van der Waals surface area contributed by atoms with Gasteiger partial charge in [-0.05, 0) is 42.5 Å². The molecule has 1 heterocycles. The summed E-state index contributed by atoms with van der Waals surface area (Å²) >= 11 is 0. The predicted molar refractivity (Wildman–Crippen MR) is 107 cm³/mol. The number of nitrogens with zero attached hydrogens (tertiary/aromatic N) is 1. The van der Waals surface area contributed by atoms with E-state index in [4.69, 9.17) is 0 Å². The van der Waals surface area contributed by atoms with E-state index in [9.17, 15) is 8.42 Å². The maximum absolute atomic E-state index is 12.3. The van der Waals surface area contributed by atoms with Gasteiger partial charge in [-0.2, -0.15) is 0 Å². The van der Waals surface area contributed by atoms with E-state index >= 15 is 0 Å². The van der Waals surface area contributed by atoms with Crippen molar-refractivity contribution in [2.75, 3.05) is 13.1 Å². The molecule has 1 N–H and O–H groups in total. The van der Waals surface area contributed by atoms with E-state index in [0.717, 1.165) is 38.0 Å². The second-order valence-electron chi connectivity index (χ2n) is 6.85. The molecule has 0 amide bonds. The quantitative estimate of drug-likeness (QED) is 0.846. The zero-order chi connectivity index (χ0) is 18.4. The number of hydrogen-bond acceptors (Lipinski definition) is 3. The van der Waals surface area contributed by atoms with E-state index in [2.05, 4.69) is 40.8 Å². The summed E-state index contributed by atoms with van der Waals surface area (Å²) in [6, 6.07) is 17.9. The number of likely N-dealkylation sites (tertiary alicyclic amines) is 1. The van der Waals surface area contributed by atoms with Crippen molar-refractivity contribution in [3.8, 4) is 0 Å². The topological polar surface area (TPSA) is 49.4 Å². The molecule has 0 unspecified atom stereocenters. The van der Waals surface area contributed by atoms with Crippen LogP contribution in [-0.2, 0) is 16.6 Å². The van der Waals surface area contributed by atoms with Crippen LogP contribution in [0.25, 0.3) is 6.08 Å². The Labute approximate surface area is 156 Å². The Morgan fingerprint density at radius 1 is 1.04 bits per heavy atom. The first kappa shape index (κ1) is 18.8. The maximum Gasteiger partial charge on any atom is 0.233 e. The first-order valence-electron chi connectivity index (χ1n) is 9.04. The van der Waals surface area contributed by atoms with Crippen LogP contribution in [0.1, 0.15) is 29.5 Å². The highest BCUT2D eigenvalue weighted by molar-refractivity contribution is 7.92. The molecule has 0 aromatic heterocycles. The predicted octanol–water partition coefficient (Wildman–Crippen LogP) is 3.55. The van der Waals surface area contributed by atoms with Crippen LogP contribution in [0.2, 0.25) is 0 Å². The van der Waals surface area contributed by atoms with E-state index in [1.807, 2.05) is 30.3 Å². The number of aryl methyl sites for hydroxylation is 1. The lowest BCUT2D eigenvalue weighted by Crippen LogP contribution is -2.43. The Bertz CT molecular complexity index is 839. The lowest BCUT2D eigenvalue weighted by atomic mass is 10.0. The summed E-state index contributed by atoms with van der Waals surface area (Å²) in [6.07, 6.45) is 3.31. The van der Waals surface area contributed by atoms with Gasteiger partial charge in [0, 0.05) is 31.1 Å². The second kappa shape index (κ2) is 8.62. The van der Waals surface area contributed by atoms with E-state index in [1.54, 1.807) is 6.08 Å². The van der Waals surface area contributed by atoms with E-state index in [1.165, 1.54) is 16.5 Å². The van der Waals surface area contributed by atoms with Crippen LogP contribution in [0.15, 0.2) is 60.0 Å². The van der Waals surface area contributed by atoms with Crippen molar-refractivity contribution in [1.82, 2.24) is 9.62 Å². The largest absolute Gasteiger partial charge is 0.299 e. The average molecular weight is 371 g/mol. The molecule has 2 aromatic rings. The van der Waals surface area contributed by atoms with Crippen LogP contribution in [-0.4, -0.2) is 32.4 Å². The summed E-state index contributed by atoms with van der Waals surface area (Å²) in [5.41, 5.74) is 3.53. The molecule has 1 fully saturated rings. The third kappa shape index (κ3) is 5.53. The fourth-order valence-electron chi connectivity index (χ4n) is 3.24. The highest BCUT2D eigenvalue weighted by atomic mass is 32.2. The van der Waals surface area contributed by atoms with Crippen LogP contribution in [0.4, 0.5) is 0 Å². The van der Waals surface area contributed by atoms with E-state index in [-0.39, 0.29) is 6.04 Å². The number of rotatable bonds is 6. The molecule has 0 spiro atoms. The lowest BCUT2D eigenvalue weighted by Gasteiger charge is -2.32. The van der Waals surface area contributed by atoms with Gasteiger partial charge in [-0.25, -0.2) is 13.1 Å². The van der Waals surface area contributed by atoms with Crippen molar-refractivity contribution < 1.29 is 8.42 Å². The number of nitrogens with one attached hydrogen (secondary N) is 1. The molecule has 0 radical (unpaired) electrons. The molecule has 26 heavy (non-hydrogen) atoms. The minimum atomic E-state index is -3.41. The Morgan fingerprint density at radius 2 is 1.69 bits per heavy atom. The Morgan fingerprint density at radius 3 is 2.38 bits per heavy atom. The van der Waals surface area contributed by atoms with Gasteiger partial charge in [-0.1, -0.05) is 54.6 Å². The second-order valence-corrected chi connectivity index (χ2v) is 8.45. The minimum absolute atomic E-state index is 0.00791. The first-order valence-corrected chi connectivity index (χ1v) is 10.6. The third-order valence-electron chi connectivity index (χ3n) is 4.81. The molecule has 1 aliphatic rings. The van der Waals surface area contributed by atoms with Crippen molar-refractivity contribution >= 4 is 16.1 Å².